The van der Waals surface area contributed by atoms with Gasteiger partial charge < -0.3 is 30.3 Å². The van der Waals surface area contributed by atoms with Gasteiger partial charge in [-0.05, 0) is 65.0 Å². The van der Waals surface area contributed by atoms with Crippen LogP contribution in [0.15, 0.2) is 48.7 Å². The Morgan fingerprint density at radius 3 is 2.63 bits per heavy atom. The molecule has 0 unspecified atom stereocenters. The Kier molecular flexibility index (Phi) is 8.36. The molecule has 1 saturated heterocycles. The molecule has 11 heteroatoms. The number of hydrogen-bond donors (Lipinski definition) is 2. The van der Waals surface area contributed by atoms with Crippen LogP contribution in [0.2, 0.25) is 0 Å². The molecule has 1 aliphatic rings. The molecule has 4 aromatic rings. The number of carbonyl (C=O) groups is 2. The number of piperidine rings is 1. The summed E-state index contributed by atoms with van der Waals surface area (Å²) in [6.45, 7) is 5.79. The van der Waals surface area contributed by atoms with Crippen molar-refractivity contribution >= 4 is 51.2 Å². The molecule has 0 atom stereocenters. The zero-order valence-corrected chi connectivity index (χ0v) is 24.4. The number of likely N-dealkylation sites (tertiary alicyclic amines) is 1. The van der Waals surface area contributed by atoms with Crippen LogP contribution in [0, 0.1) is 0 Å². The fraction of sp³-hybridized carbons (Fsp3) is 0.333. The number of anilines is 3. The van der Waals surface area contributed by atoms with Crippen LogP contribution in [0.3, 0.4) is 0 Å². The summed E-state index contributed by atoms with van der Waals surface area (Å²) in [5.74, 6) is 0.965. The van der Waals surface area contributed by atoms with E-state index in [4.69, 9.17) is 20.2 Å². The maximum atomic E-state index is 12.4. The van der Waals surface area contributed by atoms with Crippen molar-refractivity contribution in [1.29, 1.82) is 0 Å². The van der Waals surface area contributed by atoms with Gasteiger partial charge in [0, 0.05) is 28.9 Å². The van der Waals surface area contributed by atoms with E-state index < -0.39 is 5.91 Å². The largest absolute Gasteiger partial charge is 0.496 e. The van der Waals surface area contributed by atoms with Gasteiger partial charge in [0.25, 0.3) is 5.91 Å². The molecule has 0 saturated carbocycles. The van der Waals surface area contributed by atoms with Gasteiger partial charge in [0.2, 0.25) is 12.4 Å². The summed E-state index contributed by atoms with van der Waals surface area (Å²) in [5, 5.41) is 3.28. The molecule has 5 rings (SSSR count). The van der Waals surface area contributed by atoms with Gasteiger partial charge in [0.05, 0.1) is 35.3 Å². The van der Waals surface area contributed by atoms with E-state index in [1.807, 2.05) is 56.3 Å². The smallest absolute Gasteiger partial charge is 0.259 e. The minimum Gasteiger partial charge on any atom is -0.496 e. The molecular weight excluding hydrogens is 540 g/mol. The molecule has 0 aliphatic carbocycles. The lowest BCUT2D eigenvalue weighted by atomic mass is 10.0. The van der Waals surface area contributed by atoms with Crippen molar-refractivity contribution in [3.05, 3.63) is 53.5 Å². The van der Waals surface area contributed by atoms with Crippen molar-refractivity contribution in [2.75, 3.05) is 37.5 Å². The van der Waals surface area contributed by atoms with Crippen molar-refractivity contribution in [2.24, 2.45) is 5.73 Å². The number of carbonyl (C=O) groups excluding carboxylic acids is 2. The van der Waals surface area contributed by atoms with Gasteiger partial charge in [-0.3, -0.25) is 9.59 Å². The number of amides is 2. The predicted molar refractivity (Wildman–Crippen MR) is 162 cm³/mol. The summed E-state index contributed by atoms with van der Waals surface area (Å²) >= 11 is 1.24. The number of nitrogens with one attached hydrogen (secondary N) is 1. The zero-order valence-electron chi connectivity index (χ0n) is 23.6. The van der Waals surface area contributed by atoms with E-state index in [1.54, 1.807) is 18.2 Å². The Morgan fingerprint density at radius 2 is 1.95 bits per heavy atom. The van der Waals surface area contributed by atoms with E-state index >= 15 is 0 Å². The zero-order chi connectivity index (χ0) is 29.1. The van der Waals surface area contributed by atoms with Gasteiger partial charge in [-0.2, -0.15) is 0 Å². The third-order valence-corrected chi connectivity index (χ3v) is 8.23. The quantitative estimate of drug-likeness (QED) is 0.252. The lowest BCUT2D eigenvalue weighted by molar-refractivity contribution is -0.108. The second kappa shape index (κ2) is 12.1. The van der Waals surface area contributed by atoms with E-state index in [0.29, 0.717) is 39.1 Å². The van der Waals surface area contributed by atoms with E-state index in [1.165, 1.54) is 11.3 Å². The summed E-state index contributed by atoms with van der Waals surface area (Å²) in [6, 6.07) is 13.2. The van der Waals surface area contributed by atoms with Crippen LogP contribution in [-0.4, -0.2) is 66.6 Å². The van der Waals surface area contributed by atoms with Crippen LogP contribution < -0.4 is 25.4 Å². The summed E-state index contributed by atoms with van der Waals surface area (Å²) in [6.07, 6.45) is 4.29. The normalized spacial score (nSPS) is 14.3. The topological polar surface area (TPSA) is 123 Å². The monoisotopic (exact) mass is 574 g/mol. The van der Waals surface area contributed by atoms with Crippen LogP contribution in [0.4, 0.5) is 17.3 Å². The van der Waals surface area contributed by atoms with Crippen LogP contribution >= 0.6 is 11.3 Å². The van der Waals surface area contributed by atoms with Gasteiger partial charge in [-0.25, -0.2) is 9.97 Å². The second-order valence-electron chi connectivity index (χ2n) is 10.3. The van der Waals surface area contributed by atoms with E-state index in [0.717, 1.165) is 48.3 Å². The minimum atomic E-state index is -0.545. The summed E-state index contributed by atoms with van der Waals surface area (Å²) in [7, 11) is 3.68. The fourth-order valence-corrected chi connectivity index (χ4v) is 6.08. The lowest BCUT2D eigenvalue weighted by Crippen LogP contribution is -2.43. The van der Waals surface area contributed by atoms with Crippen LogP contribution in [0.5, 0.6) is 11.5 Å². The second-order valence-corrected chi connectivity index (χ2v) is 11.3. The van der Waals surface area contributed by atoms with Crippen LogP contribution in [0.25, 0.3) is 21.3 Å². The number of primary amides is 1. The highest BCUT2D eigenvalue weighted by Crippen LogP contribution is 2.42. The molecule has 1 aliphatic heterocycles. The Bertz CT molecular complexity index is 1560. The highest BCUT2D eigenvalue weighted by molar-refractivity contribution is 7.21. The van der Waals surface area contributed by atoms with Crippen molar-refractivity contribution in [2.45, 2.75) is 38.8 Å². The summed E-state index contributed by atoms with van der Waals surface area (Å²) in [4.78, 5) is 38.3. The van der Waals surface area contributed by atoms with Crippen molar-refractivity contribution < 1.29 is 19.1 Å². The molecule has 10 nitrogen and oxygen atoms in total. The van der Waals surface area contributed by atoms with Gasteiger partial charge in [-0.15, -0.1) is 11.3 Å². The standard InChI is InChI=1S/C30H34N6O4S/c1-18(2)40-24-15-20(36(17-37)19-11-13-35(3)14-12-19)9-10-22(24)33-30-32-16-25-27(34-30)26(28(41-25)29(31)38)21-7-5-6-8-23(21)39-4/h5-10,15-19H,11-14H2,1-4H3,(H2,31,38)(H,32,33,34). The maximum Gasteiger partial charge on any atom is 0.259 e. The number of para-hydroxylation sites is 1. The average Bonchev–Trinajstić information content (AvgIpc) is 3.34. The van der Waals surface area contributed by atoms with Gasteiger partial charge in [-0.1, -0.05) is 18.2 Å². The molecule has 2 aromatic heterocycles. The van der Waals surface area contributed by atoms with Crippen molar-refractivity contribution in [3.8, 4) is 22.6 Å². The Labute approximate surface area is 243 Å². The molecule has 2 amide bonds. The van der Waals surface area contributed by atoms with Gasteiger partial charge in [0.1, 0.15) is 16.4 Å². The van der Waals surface area contributed by atoms with E-state index in [-0.39, 0.29) is 12.1 Å². The first-order chi connectivity index (χ1) is 19.8. The molecular formula is C30H34N6O4S. The van der Waals surface area contributed by atoms with Crippen molar-refractivity contribution in [3.63, 3.8) is 0 Å². The number of fused-ring (bicyclic) bond motifs is 1. The number of aromatic nitrogens is 2. The lowest BCUT2D eigenvalue weighted by Gasteiger charge is -2.35. The minimum absolute atomic E-state index is 0.102. The number of ether oxygens (including phenoxy) is 2. The first-order valence-electron chi connectivity index (χ1n) is 13.5. The number of rotatable bonds is 10. The Hall–Kier alpha value is -4.22. The summed E-state index contributed by atoms with van der Waals surface area (Å²) < 4.78 is 12.4. The SMILES string of the molecule is COc1ccccc1-c1c(C(N)=O)sc2cnc(Nc3ccc(N(C=O)C4CCN(C)CC4)cc3OC(C)C)nc12. The Morgan fingerprint density at radius 1 is 1.20 bits per heavy atom. The van der Waals surface area contributed by atoms with Gasteiger partial charge in [0.15, 0.2) is 0 Å². The molecule has 0 spiro atoms. The molecule has 214 valence electrons. The van der Waals surface area contributed by atoms with Crippen LogP contribution in [0.1, 0.15) is 36.4 Å². The third kappa shape index (κ3) is 5.96. The highest BCUT2D eigenvalue weighted by Gasteiger charge is 2.25. The molecule has 0 bridgehead atoms. The highest BCUT2D eigenvalue weighted by atomic mass is 32.1. The number of hydrogen-bond acceptors (Lipinski definition) is 9. The molecule has 41 heavy (non-hydrogen) atoms. The summed E-state index contributed by atoms with van der Waals surface area (Å²) in [5.41, 5.74) is 9.10. The number of methoxy groups -OCH3 is 1. The van der Waals surface area contributed by atoms with E-state index in [9.17, 15) is 9.59 Å². The molecule has 3 N–H and O–H groups in total. The third-order valence-electron chi connectivity index (χ3n) is 7.10. The number of thiophene rings is 1. The fourth-order valence-electron chi connectivity index (χ4n) is 5.11. The van der Waals surface area contributed by atoms with Crippen molar-refractivity contribution in [1.82, 2.24) is 14.9 Å². The predicted octanol–water partition coefficient (Wildman–Crippen LogP) is 5.05. The van der Waals surface area contributed by atoms with E-state index in [2.05, 4.69) is 22.2 Å². The van der Waals surface area contributed by atoms with Gasteiger partial charge >= 0.3 is 0 Å². The molecule has 2 aromatic carbocycles. The number of nitrogens with zero attached hydrogens (tertiary/aromatic N) is 4. The molecule has 3 heterocycles. The molecule has 1 fully saturated rings. The van der Waals surface area contributed by atoms with Crippen LogP contribution in [-0.2, 0) is 4.79 Å². The first kappa shape index (κ1) is 28.3. The molecule has 0 radical (unpaired) electrons. The number of benzene rings is 2. The number of nitrogens with two attached hydrogens (primary N) is 1. The Balaban J connectivity index is 1.53. The first-order valence-corrected chi connectivity index (χ1v) is 14.3. The average molecular weight is 575 g/mol. The maximum absolute atomic E-state index is 12.4.